The average molecular weight is 156 g/mol. The van der Waals surface area contributed by atoms with E-state index in [4.69, 9.17) is 5.11 Å². The topological polar surface area (TPSA) is 20.2 Å². The van der Waals surface area contributed by atoms with Crippen molar-refractivity contribution < 1.29 is 5.11 Å². The predicted molar refractivity (Wildman–Crippen MR) is 44.3 cm³/mol. The molecule has 0 fully saturated rings. The summed E-state index contributed by atoms with van der Waals surface area (Å²) >= 11 is 1.67. The van der Waals surface area contributed by atoms with Crippen LogP contribution in [0.2, 0.25) is 0 Å². The Bertz CT molecular complexity index is 174. The van der Waals surface area contributed by atoms with Crippen LogP contribution in [0.1, 0.15) is 0 Å². The van der Waals surface area contributed by atoms with E-state index in [9.17, 15) is 0 Å². The highest BCUT2D eigenvalue weighted by Gasteiger charge is 1.88. The molecule has 0 amide bonds. The molecule has 0 heterocycles. The number of hydrogen-bond donors (Lipinski definition) is 1. The highest BCUT2D eigenvalue weighted by Crippen LogP contribution is 2.15. The van der Waals surface area contributed by atoms with Gasteiger partial charge in [0.2, 0.25) is 0 Å². The third-order valence-corrected chi connectivity index (χ3v) is 2.10. The molecule has 0 unspecified atom stereocenters. The van der Waals surface area contributed by atoms with Crippen LogP contribution >= 0.6 is 11.8 Å². The Morgan fingerprint density at radius 1 is 1.20 bits per heavy atom. The molecule has 10 heavy (non-hydrogen) atoms. The molecule has 1 nitrogen and oxygen atoms in total. The second-order valence-corrected chi connectivity index (χ2v) is 3.05. The van der Waals surface area contributed by atoms with Crippen LogP contribution in [-0.2, 0) is 0 Å². The molecule has 54 valence electrons. The minimum atomic E-state index is 0.250. The molecule has 0 saturated heterocycles. The lowest BCUT2D eigenvalue weighted by Gasteiger charge is -1.95. The zero-order chi connectivity index (χ0) is 7.23. The Labute approximate surface area is 65.1 Å². The molecule has 1 aromatic rings. The van der Waals surface area contributed by atoms with E-state index in [1.165, 1.54) is 4.90 Å². The van der Waals surface area contributed by atoms with Gasteiger partial charge in [0.1, 0.15) is 0 Å². The summed E-state index contributed by atoms with van der Waals surface area (Å²) in [7, 11) is 0. The quantitative estimate of drug-likeness (QED) is 0.531. The van der Waals surface area contributed by atoms with Gasteiger partial charge in [-0.2, -0.15) is 0 Å². The van der Waals surface area contributed by atoms with Gasteiger partial charge in [0.05, 0.1) is 6.61 Å². The second kappa shape index (κ2) is 4.36. The lowest BCUT2D eigenvalue weighted by Crippen LogP contribution is -1.84. The predicted octanol–water partition coefficient (Wildman–Crippen LogP) is 1.77. The van der Waals surface area contributed by atoms with Gasteiger partial charge in [-0.05, 0) is 12.1 Å². The van der Waals surface area contributed by atoms with Crippen molar-refractivity contribution >= 4 is 11.8 Å². The van der Waals surface area contributed by atoms with Crippen molar-refractivity contribution in [2.24, 2.45) is 0 Å². The maximum Gasteiger partial charge on any atom is 0.0525 e. The molecular weight excluding hydrogens is 146 g/mol. The fourth-order valence-electron chi connectivity index (χ4n) is 0.680. The Morgan fingerprint density at radius 3 is 2.50 bits per heavy atom. The molecule has 0 aliphatic rings. The summed E-state index contributed by atoms with van der Waals surface area (Å²) < 4.78 is 0. The second-order valence-electron chi connectivity index (χ2n) is 1.89. The minimum Gasteiger partial charge on any atom is -0.396 e. The fraction of sp³-hybridized carbons (Fsp3) is 0.250. The Morgan fingerprint density at radius 2 is 1.90 bits per heavy atom. The van der Waals surface area contributed by atoms with E-state index >= 15 is 0 Å². The van der Waals surface area contributed by atoms with E-state index < -0.39 is 0 Å². The first kappa shape index (κ1) is 7.63. The van der Waals surface area contributed by atoms with Crippen LogP contribution < -0.4 is 0 Å². The van der Waals surface area contributed by atoms with Gasteiger partial charge in [-0.3, -0.25) is 0 Å². The number of hydrogen-bond acceptors (Lipinski definition) is 2. The molecule has 0 radical (unpaired) electrons. The minimum absolute atomic E-state index is 0.250. The van der Waals surface area contributed by atoms with Crippen LogP contribution in [0.5, 0.6) is 0 Å². The molecule has 0 aromatic heterocycles. The van der Waals surface area contributed by atoms with Crippen molar-refractivity contribution in [3.05, 3.63) is 30.3 Å². The van der Waals surface area contributed by atoms with E-state index in [1.54, 1.807) is 11.8 Å². The number of benzene rings is 1. The average Bonchev–Trinajstić information content (AvgIpc) is 2.03. The van der Waals surface area contributed by atoms with Crippen LogP contribution in [0.25, 0.3) is 0 Å². The van der Waals surface area contributed by atoms with Gasteiger partial charge in [0, 0.05) is 10.6 Å². The smallest absolute Gasteiger partial charge is 0.0525 e. The van der Waals surface area contributed by atoms with Gasteiger partial charge in [0.15, 0.2) is 0 Å². The summed E-state index contributed by atoms with van der Waals surface area (Å²) in [5.41, 5.74) is 0. The van der Waals surface area contributed by atoms with Crippen molar-refractivity contribution in [3.8, 4) is 0 Å². The number of aliphatic hydroxyl groups excluding tert-OH is 1. The van der Waals surface area contributed by atoms with Crippen LogP contribution in [0.3, 0.4) is 0 Å². The summed E-state index contributed by atoms with van der Waals surface area (Å²) in [6, 6.07) is 10.1. The van der Waals surface area contributed by atoms with Gasteiger partial charge in [-0.1, -0.05) is 18.2 Å². The molecule has 0 spiro atoms. The van der Waals surface area contributed by atoms with Crippen LogP contribution in [0.4, 0.5) is 0 Å². The third kappa shape index (κ3) is 2.42. The highest BCUT2D eigenvalue weighted by atomic mass is 32.2. The summed E-state index contributed by atoms with van der Waals surface area (Å²) in [4.78, 5) is 1.22. The van der Waals surface area contributed by atoms with E-state index in [1.807, 2.05) is 30.3 Å². The molecule has 0 bridgehead atoms. The molecule has 0 aliphatic carbocycles. The first-order valence-corrected chi connectivity index (χ1v) is 4.21. The normalized spacial score (nSPS) is 9.70. The fourth-order valence-corrected chi connectivity index (χ4v) is 1.36. The summed E-state index contributed by atoms with van der Waals surface area (Å²) in [6.07, 6.45) is 0. The lowest BCUT2D eigenvalue weighted by atomic mass is 10.4. The summed E-state index contributed by atoms with van der Waals surface area (Å²) in [5, 5.41) is 8.51. The molecule has 1 N–H and O–H groups in total. The van der Waals surface area contributed by atoms with Crippen molar-refractivity contribution in [1.82, 2.24) is 0 Å². The van der Waals surface area contributed by atoms with Crippen molar-refractivity contribution in [2.75, 3.05) is 12.4 Å². The van der Waals surface area contributed by atoms with Crippen LogP contribution in [0, 0.1) is 0 Å². The van der Waals surface area contributed by atoms with Gasteiger partial charge in [-0.25, -0.2) is 0 Å². The number of aliphatic hydroxyl groups is 1. The first-order chi connectivity index (χ1) is 4.93. The Kier molecular flexibility index (Phi) is 3.33. The summed E-state index contributed by atoms with van der Waals surface area (Å²) in [6.45, 7) is 0.250. The molecule has 2 heteroatoms. The van der Waals surface area contributed by atoms with E-state index in [2.05, 4.69) is 0 Å². The van der Waals surface area contributed by atoms with Crippen molar-refractivity contribution in [3.63, 3.8) is 0 Å². The van der Waals surface area contributed by atoms with E-state index in [0.717, 1.165) is 5.75 Å². The van der Waals surface area contributed by atoms with Gasteiger partial charge >= 0.3 is 0 Å². The first-order valence-electron chi connectivity index (χ1n) is 3.22. The van der Waals surface area contributed by atoms with Gasteiger partial charge in [0.25, 0.3) is 0 Å². The van der Waals surface area contributed by atoms with Crippen LogP contribution in [-0.4, -0.2) is 17.5 Å². The molecule has 0 aliphatic heterocycles. The Hall–Kier alpha value is -0.470. The van der Waals surface area contributed by atoms with Crippen molar-refractivity contribution in [1.29, 1.82) is 0 Å². The zero-order valence-electron chi connectivity index (χ0n) is 5.66. The van der Waals surface area contributed by atoms with Crippen molar-refractivity contribution in [2.45, 2.75) is 4.90 Å². The largest absolute Gasteiger partial charge is 0.396 e. The summed E-state index contributed by atoms with van der Waals surface area (Å²) in [5.74, 6) is 0.782. The third-order valence-electron chi connectivity index (χ3n) is 1.10. The van der Waals surface area contributed by atoms with Gasteiger partial charge in [-0.15, -0.1) is 11.8 Å². The molecule has 0 saturated carbocycles. The number of thioether (sulfide) groups is 1. The molecule has 1 rings (SSSR count). The maximum absolute atomic E-state index is 8.51. The van der Waals surface area contributed by atoms with E-state index in [-0.39, 0.29) is 6.61 Å². The lowest BCUT2D eigenvalue weighted by molar-refractivity contribution is 0.322. The standard InChI is InChI=1S/C8H10OS/c9-6-7-10-8-4-2-1-3-5-8/h1-5,9H,6-7H2/i6+1,7+1. The monoisotopic (exact) mass is 156 g/mol. The van der Waals surface area contributed by atoms with E-state index in [0.29, 0.717) is 0 Å². The SMILES string of the molecule is O[13CH2][13CH2]Sc1ccccc1. The molecular formula is C8H10OS. The van der Waals surface area contributed by atoms with Gasteiger partial charge < -0.3 is 5.11 Å². The maximum atomic E-state index is 8.51. The zero-order valence-corrected chi connectivity index (χ0v) is 6.47. The highest BCUT2D eigenvalue weighted by molar-refractivity contribution is 7.99. The molecule has 1 aromatic carbocycles. The molecule has 0 atom stereocenters. The van der Waals surface area contributed by atoms with Crippen LogP contribution in [0.15, 0.2) is 35.2 Å². The Balaban J connectivity index is 2.43. The number of rotatable bonds is 3.